The molecule has 0 saturated carbocycles. The maximum absolute atomic E-state index is 14.1. The minimum absolute atomic E-state index is 0.0489. The Balaban J connectivity index is 2.11. The lowest BCUT2D eigenvalue weighted by atomic mass is 10.1. The van der Waals surface area contributed by atoms with Crippen LogP contribution < -0.4 is 14.4 Å². The van der Waals surface area contributed by atoms with Crippen LogP contribution in [0, 0.1) is 17.0 Å². The van der Waals surface area contributed by atoms with Gasteiger partial charge in [-0.1, -0.05) is 48.0 Å². The molecule has 3 aromatic carbocycles. The van der Waals surface area contributed by atoms with Gasteiger partial charge in [0.2, 0.25) is 11.8 Å². The maximum Gasteiger partial charge on any atom is 0.273 e. The molecule has 0 heterocycles. The molecule has 0 aliphatic rings. The number of aryl methyl sites for hydroxylation is 1. The summed E-state index contributed by atoms with van der Waals surface area (Å²) in [4.78, 5) is 38.2. The lowest BCUT2D eigenvalue weighted by Gasteiger charge is -2.32. The highest BCUT2D eigenvalue weighted by Crippen LogP contribution is 2.36. The van der Waals surface area contributed by atoms with Gasteiger partial charge in [-0.05, 0) is 50.1 Å². The van der Waals surface area contributed by atoms with Crippen molar-refractivity contribution in [2.24, 2.45) is 0 Å². The van der Waals surface area contributed by atoms with Crippen molar-refractivity contribution >= 4 is 44.8 Å². The number of benzene rings is 3. The number of ether oxygens (including phenoxy) is 1. The van der Waals surface area contributed by atoms with Crippen LogP contribution in [0.25, 0.3) is 0 Å². The highest BCUT2D eigenvalue weighted by atomic mass is 35.5. The number of nitro benzene ring substituents is 1. The number of likely N-dealkylation sites (N-methyl/N-ethyl adjacent to an activating group) is 1. The third kappa shape index (κ3) is 7.33. The molecule has 0 spiro atoms. The SMILES string of the molecule is CNC(=O)[C@@H](C)N(CCc1ccccc1)C(=O)CN(c1cc(Cl)ccc1OC)S(=O)(=O)c1ccc(C)c([N+](=O)[O-])c1. The van der Waals surface area contributed by atoms with E-state index >= 15 is 0 Å². The van der Waals surface area contributed by atoms with Crippen LogP contribution in [0.1, 0.15) is 18.1 Å². The second kappa shape index (κ2) is 13.5. The first-order valence-corrected chi connectivity index (χ1v) is 14.4. The topological polar surface area (TPSA) is 139 Å². The van der Waals surface area contributed by atoms with Crippen LogP contribution >= 0.6 is 11.6 Å². The number of methoxy groups -OCH3 is 1. The number of nitro groups is 1. The zero-order valence-corrected chi connectivity index (χ0v) is 24.6. The van der Waals surface area contributed by atoms with Gasteiger partial charge < -0.3 is 15.0 Å². The summed E-state index contributed by atoms with van der Waals surface area (Å²) in [6, 6.07) is 16.1. The summed E-state index contributed by atoms with van der Waals surface area (Å²) in [5.74, 6) is -1.01. The Labute approximate surface area is 243 Å². The third-order valence-electron chi connectivity index (χ3n) is 6.55. The highest BCUT2D eigenvalue weighted by molar-refractivity contribution is 7.92. The number of hydrogen-bond donors (Lipinski definition) is 1. The molecule has 13 heteroatoms. The van der Waals surface area contributed by atoms with E-state index < -0.39 is 49.9 Å². The van der Waals surface area contributed by atoms with Crippen molar-refractivity contribution in [3.63, 3.8) is 0 Å². The van der Waals surface area contributed by atoms with E-state index in [2.05, 4.69) is 5.32 Å². The monoisotopic (exact) mass is 602 g/mol. The number of halogens is 1. The average Bonchev–Trinajstić information content (AvgIpc) is 2.95. The Morgan fingerprint density at radius 2 is 1.78 bits per heavy atom. The molecule has 0 bridgehead atoms. The highest BCUT2D eigenvalue weighted by Gasteiger charge is 2.34. The predicted octanol–water partition coefficient (Wildman–Crippen LogP) is 3.97. The van der Waals surface area contributed by atoms with E-state index in [-0.39, 0.29) is 28.6 Å². The van der Waals surface area contributed by atoms with E-state index in [1.807, 2.05) is 30.3 Å². The standard InChI is InChI=1S/C28H31ClN4O7S/c1-19-10-12-23(17-24(19)33(36)37)41(38,39)32(25-16-22(29)11-13-26(25)40-4)18-27(34)31(20(2)28(35)30-3)15-14-21-8-6-5-7-9-21/h5-13,16-17,20H,14-15,18H2,1-4H3,(H,30,35)/t20-/m1/s1. The first-order chi connectivity index (χ1) is 19.4. The smallest absolute Gasteiger partial charge is 0.273 e. The lowest BCUT2D eigenvalue weighted by Crippen LogP contribution is -2.51. The number of rotatable bonds is 12. The fourth-order valence-electron chi connectivity index (χ4n) is 4.22. The van der Waals surface area contributed by atoms with Crippen LogP contribution in [0.3, 0.4) is 0 Å². The molecule has 0 aliphatic carbocycles. The lowest BCUT2D eigenvalue weighted by molar-refractivity contribution is -0.385. The first-order valence-electron chi connectivity index (χ1n) is 12.6. The largest absolute Gasteiger partial charge is 0.495 e. The van der Waals surface area contributed by atoms with Gasteiger partial charge >= 0.3 is 0 Å². The van der Waals surface area contributed by atoms with Crippen molar-refractivity contribution in [2.45, 2.75) is 31.2 Å². The van der Waals surface area contributed by atoms with Gasteiger partial charge in [-0.2, -0.15) is 0 Å². The van der Waals surface area contributed by atoms with Gasteiger partial charge in [0, 0.05) is 30.2 Å². The van der Waals surface area contributed by atoms with Gasteiger partial charge in [0.05, 0.1) is 22.6 Å². The van der Waals surface area contributed by atoms with Crippen molar-refractivity contribution in [2.75, 3.05) is 31.6 Å². The molecule has 218 valence electrons. The molecule has 3 rings (SSSR count). The van der Waals surface area contributed by atoms with Crippen molar-refractivity contribution in [1.29, 1.82) is 0 Å². The molecule has 0 aliphatic heterocycles. The number of carbonyl (C=O) groups is 2. The Kier molecular flexibility index (Phi) is 10.3. The summed E-state index contributed by atoms with van der Waals surface area (Å²) in [5, 5.41) is 14.3. The van der Waals surface area contributed by atoms with Crippen LogP contribution in [0.2, 0.25) is 5.02 Å². The van der Waals surface area contributed by atoms with E-state index in [9.17, 15) is 28.1 Å². The van der Waals surface area contributed by atoms with Gasteiger partial charge in [-0.25, -0.2) is 8.42 Å². The molecular formula is C28H31ClN4O7S. The number of nitrogens with one attached hydrogen (secondary N) is 1. The van der Waals surface area contributed by atoms with Crippen LogP contribution in [-0.2, 0) is 26.0 Å². The molecule has 2 amide bonds. The van der Waals surface area contributed by atoms with Crippen molar-refractivity contribution in [1.82, 2.24) is 10.2 Å². The number of amides is 2. The first kappa shape index (κ1) is 31.4. The zero-order chi connectivity index (χ0) is 30.3. The van der Waals surface area contributed by atoms with Crippen molar-refractivity contribution < 1.29 is 27.7 Å². The number of anilines is 1. The number of carbonyl (C=O) groups excluding carboxylic acids is 2. The maximum atomic E-state index is 14.1. The molecule has 0 saturated heterocycles. The Bertz CT molecular complexity index is 1530. The summed E-state index contributed by atoms with van der Waals surface area (Å²) in [7, 11) is -1.81. The van der Waals surface area contributed by atoms with Crippen molar-refractivity contribution in [3.8, 4) is 5.75 Å². The van der Waals surface area contributed by atoms with Gasteiger partial charge in [0.25, 0.3) is 15.7 Å². The Morgan fingerprint density at radius 3 is 2.39 bits per heavy atom. The Morgan fingerprint density at radius 1 is 1.10 bits per heavy atom. The second-order valence-corrected chi connectivity index (χ2v) is 11.4. The van der Waals surface area contributed by atoms with E-state index in [1.54, 1.807) is 6.92 Å². The van der Waals surface area contributed by atoms with E-state index in [4.69, 9.17) is 16.3 Å². The molecule has 0 radical (unpaired) electrons. The molecule has 11 nitrogen and oxygen atoms in total. The van der Waals surface area contributed by atoms with Gasteiger partial charge in [0.1, 0.15) is 18.3 Å². The fraction of sp³-hybridized carbons (Fsp3) is 0.286. The molecule has 41 heavy (non-hydrogen) atoms. The molecule has 0 fully saturated rings. The fourth-order valence-corrected chi connectivity index (χ4v) is 5.83. The summed E-state index contributed by atoms with van der Waals surface area (Å²) < 4.78 is 34.3. The van der Waals surface area contributed by atoms with Crippen LogP contribution in [-0.4, -0.2) is 63.3 Å². The summed E-state index contributed by atoms with van der Waals surface area (Å²) in [6.07, 6.45) is 0.408. The normalized spacial score (nSPS) is 11.8. The molecule has 0 aromatic heterocycles. The summed E-state index contributed by atoms with van der Waals surface area (Å²) >= 11 is 6.21. The molecular weight excluding hydrogens is 572 g/mol. The summed E-state index contributed by atoms with van der Waals surface area (Å²) in [6.45, 7) is 2.41. The Hall–Kier alpha value is -4.16. The minimum atomic E-state index is -4.58. The van der Waals surface area contributed by atoms with Gasteiger partial charge in [-0.3, -0.25) is 24.0 Å². The quantitative estimate of drug-likeness (QED) is 0.244. The van der Waals surface area contributed by atoms with Crippen LogP contribution in [0.4, 0.5) is 11.4 Å². The molecule has 1 atom stereocenters. The molecule has 3 aromatic rings. The summed E-state index contributed by atoms with van der Waals surface area (Å²) in [5.41, 5.74) is 0.742. The third-order valence-corrected chi connectivity index (χ3v) is 8.54. The van der Waals surface area contributed by atoms with E-state index in [0.717, 1.165) is 15.9 Å². The van der Waals surface area contributed by atoms with Gasteiger partial charge in [-0.15, -0.1) is 0 Å². The van der Waals surface area contributed by atoms with Gasteiger partial charge in [0.15, 0.2) is 0 Å². The zero-order valence-electron chi connectivity index (χ0n) is 23.0. The van der Waals surface area contributed by atoms with Crippen molar-refractivity contribution in [3.05, 3.63) is 93.0 Å². The van der Waals surface area contributed by atoms with Crippen LogP contribution in [0.5, 0.6) is 5.75 Å². The van der Waals surface area contributed by atoms with Crippen LogP contribution in [0.15, 0.2) is 71.6 Å². The number of hydrogen-bond acceptors (Lipinski definition) is 7. The van der Waals surface area contributed by atoms with E-state index in [0.29, 0.717) is 6.42 Å². The average molecular weight is 603 g/mol. The second-order valence-electron chi connectivity index (χ2n) is 9.15. The minimum Gasteiger partial charge on any atom is -0.495 e. The van der Waals surface area contributed by atoms with E-state index in [1.165, 1.54) is 56.3 Å². The molecule has 1 N–H and O–H groups in total. The predicted molar refractivity (Wildman–Crippen MR) is 156 cm³/mol. The number of nitrogens with zero attached hydrogens (tertiary/aromatic N) is 3. The number of sulfonamides is 1. The molecule has 0 unspecified atom stereocenters.